The lowest BCUT2D eigenvalue weighted by molar-refractivity contribution is 0.0950. The Balaban J connectivity index is 0.00000124. The highest BCUT2D eigenvalue weighted by Gasteiger charge is 2.15. The van der Waals surface area contributed by atoms with E-state index in [0.717, 1.165) is 51.1 Å². The van der Waals surface area contributed by atoms with Crippen molar-refractivity contribution in [2.24, 2.45) is 7.05 Å². The molecule has 0 fully saturated rings. The Morgan fingerprint density at radius 2 is 1.73 bits per heavy atom. The molecule has 0 atom stereocenters. The Bertz CT molecular complexity index is 1140. The van der Waals surface area contributed by atoms with Crippen molar-refractivity contribution in [1.82, 2.24) is 24.3 Å². The molecule has 6 nitrogen and oxygen atoms in total. The fourth-order valence-electron chi connectivity index (χ4n) is 3.29. The van der Waals surface area contributed by atoms with Gasteiger partial charge in [0.05, 0.1) is 24.5 Å². The van der Waals surface area contributed by atoms with E-state index in [9.17, 15) is 0 Å². The van der Waals surface area contributed by atoms with E-state index in [1.54, 1.807) is 0 Å². The number of hydrogen-bond donors (Lipinski definition) is 0. The minimum atomic E-state index is -0.560. The summed E-state index contributed by atoms with van der Waals surface area (Å²) in [6.45, 7) is 7.26. The Kier molecular flexibility index (Phi) is 6.83. The summed E-state index contributed by atoms with van der Waals surface area (Å²) < 4.78 is 9.96. The van der Waals surface area contributed by atoms with Gasteiger partial charge in [0, 0.05) is 52.8 Å². The third kappa shape index (κ3) is 4.84. The number of pyridine rings is 2. The van der Waals surface area contributed by atoms with Gasteiger partial charge in [-0.15, -0.1) is 0 Å². The van der Waals surface area contributed by atoms with E-state index in [-0.39, 0.29) is 0 Å². The summed E-state index contributed by atoms with van der Waals surface area (Å²) in [5, 5.41) is 6.56. The SMILES string of the molecule is CC.Cc1cc2c3cc(-c4cnn(C)c4)cnc3n(COCCS(C)(C)C)c2cn1. The molecule has 0 radical (unpaired) electrons. The lowest BCUT2D eigenvalue weighted by atomic mass is 10.1. The van der Waals surface area contributed by atoms with Gasteiger partial charge in [0.25, 0.3) is 0 Å². The van der Waals surface area contributed by atoms with Crippen LogP contribution < -0.4 is 0 Å². The molecular formula is C23H33N5OS. The van der Waals surface area contributed by atoms with Gasteiger partial charge in [-0.2, -0.15) is 5.10 Å². The second-order valence-electron chi connectivity index (χ2n) is 8.10. The summed E-state index contributed by atoms with van der Waals surface area (Å²) in [6, 6.07) is 4.32. The first-order valence-corrected chi connectivity index (χ1v) is 13.3. The van der Waals surface area contributed by atoms with Gasteiger partial charge in [0.15, 0.2) is 0 Å². The Hall–Kier alpha value is -2.38. The van der Waals surface area contributed by atoms with E-state index in [4.69, 9.17) is 9.72 Å². The van der Waals surface area contributed by atoms with Crippen LogP contribution in [0.4, 0.5) is 0 Å². The predicted molar refractivity (Wildman–Crippen MR) is 130 cm³/mol. The molecular weight excluding hydrogens is 394 g/mol. The Morgan fingerprint density at radius 3 is 2.40 bits per heavy atom. The maximum Gasteiger partial charge on any atom is 0.142 e. The fraction of sp³-hybridized carbons (Fsp3) is 0.435. The summed E-state index contributed by atoms with van der Waals surface area (Å²) in [5.41, 5.74) is 5.10. The molecule has 162 valence electrons. The molecule has 0 amide bonds. The lowest BCUT2D eigenvalue weighted by Gasteiger charge is -2.24. The molecule has 0 aliphatic rings. The first-order valence-electron chi connectivity index (χ1n) is 10.3. The average molecular weight is 428 g/mol. The van der Waals surface area contributed by atoms with Gasteiger partial charge in [-0.25, -0.2) is 15.0 Å². The number of aryl methyl sites for hydroxylation is 2. The van der Waals surface area contributed by atoms with Crippen LogP contribution in [0.2, 0.25) is 0 Å². The van der Waals surface area contributed by atoms with Gasteiger partial charge < -0.3 is 4.74 Å². The van der Waals surface area contributed by atoms with Crippen LogP contribution in [0.15, 0.2) is 36.9 Å². The van der Waals surface area contributed by atoms with E-state index in [0.29, 0.717) is 6.73 Å². The molecule has 4 aromatic rings. The zero-order valence-corrected chi connectivity index (χ0v) is 20.0. The fourth-order valence-corrected chi connectivity index (χ4v) is 3.91. The van der Waals surface area contributed by atoms with E-state index in [2.05, 4.69) is 45.5 Å². The summed E-state index contributed by atoms with van der Waals surface area (Å²) in [5.74, 6) is 1.10. The van der Waals surface area contributed by atoms with Crippen LogP contribution in [-0.4, -0.2) is 55.4 Å². The van der Waals surface area contributed by atoms with Crippen molar-refractivity contribution < 1.29 is 4.74 Å². The monoisotopic (exact) mass is 427 g/mol. The molecule has 4 aromatic heterocycles. The van der Waals surface area contributed by atoms with Crippen molar-refractivity contribution in [3.63, 3.8) is 0 Å². The van der Waals surface area contributed by atoms with Crippen LogP contribution in [0.3, 0.4) is 0 Å². The first-order chi connectivity index (χ1) is 14.3. The zero-order chi connectivity index (χ0) is 21.9. The minimum absolute atomic E-state index is 0.486. The maximum atomic E-state index is 6.02. The van der Waals surface area contributed by atoms with Crippen molar-refractivity contribution in [3.8, 4) is 11.1 Å². The molecule has 0 aliphatic heterocycles. The molecule has 4 rings (SSSR count). The lowest BCUT2D eigenvalue weighted by Crippen LogP contribution is -2.10. The van der Waals surface area contributed by atoms with E-state index in [1.807, 2.05) is 57.3 Å². The van der Waals surface area contributed by atoms with E-state index in [1.165, 1.54) is 0 Å². The topological polar surface area (TPSA) is 57.8 Å². The van der Waals surface area contributed by atoms with Gasteiger partial charge in [0.1, 0.15) is 12.4 Å². The Morgan fingerprint density at radius 1 is 0.967 bits per heavy atom. The van der Waals surface area contributed by atoms with Crippen molar-refractivity contribution in [2.75, 3.05) is 31.1 Å². The standard InChI is InChI=1S/C21H27N5OS.C2H6/c1-15-8-18-19-9-16(17-11-24-25(2)13-17)10-23-21(19)26(20(18)12-22-15)14-27-6-7-28(3,4)5;1-2/h8-13H,6-7,14H2,1-5H3;1-2H3. The number of ether oxygens (including phenoxy) is 1. The molecule has 0 saturated carbocycles. The highest BCUT2D eigenvalue weighted by Crippen LogP contribution is 2.34. The zero-order valence-electron chi connectivity index (χ0n) is 19.1. The van der Waals surface area contributed by atoms with Gasteiger partial charge in [-0.3, -0.25) is 14.2 Å². The highest BCUT2D eigenvalue weighted by atomic mass is 32.3. The van der Waals surface area contributed by atoms with Gasteiger partial charge in [-0.05, 0) is 37.8 Å². The summed E-state index contributed by atoms with van der Waals surface area (Å²) >= 11 is 0. The maximum absolute atomic E-state index is 6.02. The number of rotatable bonds is 6. The van der Waals surface area contributed by atoms with Crippen LogP contribution in [0.1, 0.15) is 19.5 Å². The van der Waals surface area contributed by atoms with Gasteiger partial charge >= 0.3 is 0 Å². The average Bonchev–Trinajstić information content (AvgIpc) is 3.27. The van der Waals surface area contributed by atoms with E-state index < -0.39 is 10.0 Å². The molecule has 30 heavy (non-hydrogen) atoms. The van der Waals surface area contributed by atoms with Crippen LogP contribution in [-0.2, 0) is 18.5 Å². The second-order valence-corrected chi connectivity index (χ2v) is 12.7. The molecule has 0 saturated heterocycles. The molecule has 0 aromatic carbocycles. The third-order valence-electron chi connectivity index (χ3n) is 4.82. The largest absolute Gasteiger partial charge is 0.360 e. The number of fused-ring (bicyclic) bond motifs is 3. The van der Waals surface area contributed by atoms with Crippen LogP contribution in [0.25, 0.3) is 33.1 Å². The number of hydrogen-bond acceptors (Lipinski definition) is 4. The molecule has 0 unspecified atom stereocenters. The van der Waals surface area contributed by atoms with Crippen molar-refractivity contribution >= 4 is 32.0 Å². The molecule has 0 aliphatic carbocycles. The number of nitrogens with zero attached hydrogens (tertiary/aromatic N) is 5. The van der Waals surface area contributed by atoms with Crippen molar-refractivity contribution in [2.45, 2.75) is 27.5 Å². The van der Waals surface area contributed by atoms with Crippen LogP contribution in [0, 0.1) is 6.92 Å². The smallest absolute Gasteiger partial charge is 0.142 e. The van der Waals surface area contributed by atoms with Gasteiger partial charge in [-0.1, -0.05) is 13.8 Å². The molecule has 0 N–H and O–H groups in total. The van der Waals surface area contributed by atoms with Crippen molar-refractivity contribution in [1.29, 1.82) is 0 Å². The number of aromatic nitrogens is 5. The minimum Gasteiger partial charge on any atom is -0.360 e. The predicted octanol–water partition coefficient (Wildman–Crippen LogP) is 4.99. The first kappa shape index (κ1) is 22.3. The van der Waals surface area contributed by atoms with Gasteiger partial charge in [0.2, 0.25) is 0 Å². The van der Waals surface area contributed by atoms with E-state index >= 15 is 0 Å². The molecule has 0 bridgehead atoms. The summed E-state index contributed by atoms with van der Waals surface area (Å²) in [4.78, 5) is 9.29. The highest BCUT2D eigenvalue weighted by molar-refractivity contribution is 8.32. The molecule has 4 heterocycles. The normalized spacial score (nSPS) is 12.2. The quantitative estimate of drug-likeness (QED) is 0.407. The van der Waals surface area contributed by atoms with Crippen molar-refractivity contribution in [3.05, 3.63) is 42.6 Å². The summed E-state index contributed by atoms with van der Waals surface area (Å²) in [7, 11) is 1.36. The van der Waals surface area contributed by atoms with Crippen LogP contribution in [0.5, 0.6) is 0 Å². The molecule has 7 heteroatoms. The van der Waals surface area contributed by atoms with Crippen LogP contribution >= 0.6 is 10.0 Å². The molecule has 0 spiro atoms. The third-order valence-corrected chi connectivity index (χ3v) is 6.21. The summed E-state index contributed by atoms with van der Waals surface area (Å²) in [6.07, 6.45) is 14.6. The Labute approximate surface area is 180 Å². The second kappa shape index (κ2) is 9.18.